The highest BCUT2D eigenvalue weighted by Crippen LogP contribution is 2.56. The fourth-order valence-electron chi connectivity index (χ4n) is 4.37. The summed E-state index contributed by atoms with van der Waals surface area (Å²) in [5, 5.41) is 22.1. The van der Waals surface area contributed by atoms with E-state index in [1.807, 2.05) is 6.92 Å². The van der Waals surface area contributed by atoms with Gasteiger partial charge in [0.2, 0.25) is 0 Å². The summed E-state index contributed by atoms with van der Waals surface area (Å²) < 4.78 is 5.56. The van der Waals surface area contributed by atoms with Crippen LogP contribution in [0.2, 0.25) is 0 Å². The van der Waals surface area contributed by atoms with Crippen molar-refractivity contribution < 1.29 is 24.5 Å². The van der Waals surface area contributed by atoms with Crippen LogP contribution in [0, 0.1) is 11.3 Å². The van der Waals surface area contributed by atoms with Crippen LogP contribution in [0.5, 0.6) is 0 Å². The SMILES string of the molecule is C=C(C)[C@]1(O)C[C@@H]2[C@](C)(CC[C@@H](OC(=O)/C(C)=C\C)[C@@]2(C)O)CC1=O. The summed E-state index contributed by atoms with van der Waals surface area (Å²) in [4.78, 5) is 24.7. The van der Waals surface area contributed by atoms with Gasteiger partial charge in [0, 0.05) is 17.9 Å². The third kappa shape index (κ3) is 3.20. The highest BCUT2D eigenvalue weighted by molar-refractivity contribution is 5.91. The van der Waals surface area contributed by atoms with Crippen LogP contribution in [0.1, 0.15) is 60.3 Å². The van der Waals surface area contributed by atoms with Gasteiger partial charge in [-0.05, 0) is 57.9 Å². The number of carbonyl (C=O) groups is 2. The number of ether oxygens (including phenoxy) is 1. The number of ketones is 1. The molecule has 2 fully saturated rings. The fourth-order valence-corrected chi connectivity index (χ4v) is 4.37. The standard InChI is InChI=1S/C20H30O5/c1-7-13(4)17(22)25-16-8-9-18(5)11-15(21)20(24,12(2)3)10-14(18)19(16,6)23/h7,14,16,23-24H,2,8-11H2,1,3-6H3/b13-7-/t14-,16-,18-,19+,20-/m1/s1. The van der Waals surface area contributed by atoms with Gasteiger partial charge in [0.05, 0.1) is 0 Å². The third-order valence-corrected chi connectivity index (χ3v) is 6.41. The average molecular weight is 350 g/mol. The number of hydrogen-bond acceptors (Lipinski definition) is 5. The van der Waals surface area contributed by atoms with E-state index >= 15 is 0 Å². The van der Waals surface area contributed by atoms with Crippen molar-refractivity contribution in [3.05, 3.63) is 23.8 Å². The van der Waals surface area contributed by atoms with Crippen molar-refractivity contribution in [3.63, 3.8) is 0 Å². The lowest BCUT2D eigenvalue weighted by Crippen LogP contribution is -2.64. The normalized spacial score (nSPS) is 41.9. The maximum absolute atomic E-state index is 12.5. The molecule has 5 atom stereocenters. The summed E-state index contributed by atoms with van der Waals surface area (Å²) in [5.41, 5.74) is -2.51. The van der Waals surface area contributed by atoms with Gasteiger partial charge in [-0.25, -0.2) is 4.79 Å². The van der Waals surface area contributed by atoms with Crippen molar-refractivity contribution in [2.24, 2.45) is 11.3 Å². The van der Waals surface area contributed by atoms with Crippen molar-refractivity contribution in [1.29, 1.82) is 0 Å². The molecule has 0 heterocycles. The molecule has 25 heavy (non-hydrogen) atoms. The fraction of sp³-hybridized carbons (Fsp3) is 0.700. The van der Waals surface area contributed by atoms with Crippen molar-refractivity contribution in [1.82, 2.24) is 0 Å². The number of Topliss-reactive ketones (excluding diaryl/α,β-unsaturated/α-hetero) is 1. The van der Waals surface area contributed by atoms with E-state index in [2.05, 4.69) is 6.58 Å². The number of rotatable bonds is 3. The molecule has 0 unspecified atom stereocenters. The number of carbonyl (C=O) groups excluding carboxylic acids is 2. The molecule has 0 bridgehead atoms. The second kappa shape index (κ2) is 6.36. The third-order valence-electron chi connectivity index (χ3n) is 6.41. The van der Waals surface area contributed by atoms with Crippen molar-refractivity contribution >= 4 is 11.8 Å². The van der Waals surface area contributed by atoms with Gasteiger partial charge in [-0.15, -0.1) is 0 Å². The molecule has 2 aliphatic rings. The lowest BCUT2D eigenvalue weighted by atomic mass is 9.51. The van der Waals surface area contributed by atoms with E-state index in [1.54, 1.807) is 33.8 Å². The van der Waals surface area contributed by atoms with E-state index in [4.69, 9.17) is 4.74 Å². The molecule has 0 aromatic carbocycles. The molecular formula is C20H30O5. The van der Waals surface area contributed by atoms with Crippen LogP contribution >= 0.6 is 0 Å². The van der Waals surface area contributed by atoms with Crippen LogP contribution < -0.4 is 0 Å². The van der Waals surface area contributed by atoms with Crippen LogP contribution in [-0.4, -0.2) is 39.3 Å². The molecule has 0 amide bonds. The van der Waals surface area contributed by atoms with Gasteiger partial charge in [-0.2, -0.15) is 0 Å². The molecule has 2 rings (SSSR count). The molecule has 0 aliphatic heterocycles. The maximum atomic E-state index is 12.5. The molecule has 0 radical (unpaired) electrons. The minimum Gasteiger partial charge on any atom is -0.456 e. The Morgan fingerprint density at radius 1 is 1.32 bits per heavy atom. The van der Waals surface area contributed by atoms with Gasteiger partial charge in [0.15, 0.2) is 5.78 Å². The lowest BCUT2D eigenvalue weighted by molar-refractivity contribution is -0.212. The summed E-state index contributed by atoms with van der Waals surface area (Å²) in [6.45, 7) is 12.4. The van der Waals surface area contributed by atoms with E-state index in [0.717, 1.165) is 0 Å². The van der Waals surface area contributed by atoms with Gasteiger partial charge < -0.3 is 14.9 Å². The highest BCUT2D eigenvalue weighted by Gasteiger charge is 2.61. The molecule has 140 valence electrons. The Labute approximate surface area is 149 Å². The van der Waals surface area contributed by atoms with Crippen molar-refractivity contribution in [2.45, 2.75) is 77.6 Å². The number of aliphatic hydroxyl groups is 2. The zero-order valence-electron chi connectivity index (χ0n) is 15.9. The highest BCUT2D eigenvalue weighted by atomic mass is 16.6. The second-order valence-electron chi connectivity index (χ2n) is 8.28. The Morgan fingerprint density at radius 2 is 1.92 bits per heavy atom. The minimum absolute atomic E-state index is 0.0985. The summed E-state index contributed by atoms with van der Waals surface area (Å²) in [5.74, 6) is -1.06. The van der Waals surface area contributed by atoms with E-state index < -0.39 is 28.7 Å². The summed E-state index contributed by atoms with van der Waals surface area (Å²) in [7, 11) is 0. The van der Waals surface area contributed by atoms with E-state index in [-0.39, 0.29) is 24.5 Å². The van der Waals surface area contributed by atoms with Crippen LogP contribution in [0.15, 0.2) is 23.8 Å². The Hall–Kier alpha value is -1.46. The largest absolute Gasteiger partial charge is 0.456 e. The first-order chi connectivity index (χ1) is 11.4. The lowest BCUT2D eigenvalue weighted by Gasteiger charge is -2.57. The molecular weight excluding hydrogens is 320 g/mol. The number of hydrogen-bond donors (Lipinski definition) is 2. The number of fused-ring (bicyclic) bond motifs is 1. The monoisotopic (exact) mass is 350 g/mol. The molecule has 0 aromatic rings. The van der Waals surface area contributed by atoms with Crippen LogP contribution in [0.3, 0.4) is 0 Å². The van der Waals surface area contributed by atoms with Crippen LogP contribution in [-0.2, 0) is 14.3 Å². The average Bonchev–Trinajstić information content (AvgIpc) is 2.52. The van der Waals surface area contributed by atoms with Gasteiger partial charge in [0.1, 0.15) is 17.3 Å². The smallest absolute Gasteiger partial charge is 0.333 e. The molecule has 2 N–H and O–H groups in total. The van der Waals surface area contributed by atoms with Crippen LogP contribution in [0.4, 0.5) is 0 Å². The molecule has 0 aromatic heterocycles. The molecule has 0 saturated heterocycles. The van der Waals surface area contributed by atoms with E-state index in [0.29, 0.717) is 24.0 Å². The summed E-state index contributed by atoms with van der Waals surface area (Å²) in [6, 6.07) is 0. The topological polar surface area (TPSA) is 83.8 Å². The van der Waals surface area contributed by atoms with Gasteiger partial charge in [0.25, 0.3) is 0 Å². The van der Waals surface area contributed by atoms with E-state index in [9.17, 15) is 19.8 Å². The summed E-state index contributed by atoms with van der Waals surface area (Å²) >= 11 is 0. The molecule has 2 saturated carbocycles. The molecule has 5 heteroatoms. The molecule has 5 nitrogen and oxygen atoms in total. The molecule has 2 aliphatic carbocycles. The van der Waals surface area contributed by atoms with Gasteiger partial charge >= 0.3 is 5.97 Å². The maximum Gasteiger partial charge on any atom is 0.333 e. The number of allylic oxidation sites excluding steroid dienone is 1. The minimum atomic E-state index is -1.63. The number of esters is 1. The Kier molecular flexibility index (Phi) is 5.05. The predicted octanol–water partition coefficient (Wildman–Crippen LogP) is 2.70. The second-order valence-corrected chi connectivity index (χ2v) is 8.28. The van der Waals surface area contributed by atoms with E-state index in [1.165, 1.54) is 0 Å². The Balaban J connectivity index is 2.34. The zero-order chi connectivity index (χ0) is 19.2. The molecule has 0 spiro atoms. The quantitative estimate of drug-likeness (QED) is 0.464. The van der Waals surface area contributed by atoms with Gasteiger partial charge in [-0.3, -0.25) is 4.79 Å². The summed E-state index contributed by atoms with van der Waals surface area (Å²) in [6.07, 6.45) is 2.42. The zero-order valence-corrected chi connectivity index (χ0v) is 15.9. The van der Waals surface area contributed by atoms with Gasteiger partial charge in [-0.1, -0.05) is 19.6 Å². The first-order valence-electron chi connectivity index (χ1n) is 8.86. The Bertz CT molecular complexity index is 632. The Morgan fingerprint density at radius 3 is 2.44 bits per heavy atom. The predicted molar refractivity (Wildman–Crippen MR) is 94.8 cm³/mol. The van der Waals surface area contributed by atoms with Crippen molar-refractivity contribution in [2.75, 3.05) is 0 Å². The first-order valence-corrected chi connectivity index (χ1v) is 8.86. The van der Waals surface area contributed by atoms with Crippen LogP contribution in [0.25, 0.3) is 0 Å². The first kappa shape index (κ1) is 19.9. The van der Waals surface area contributed by atoms with Crippen molar-refractivity contribution in [3.8, 4) is 0 Å².